The first kappa shape index (κ1) is 20.8. The molecule has 152 valence electrons. The minimum Gasteiger partial charge on any atom is -0.480 e. The highest BCUT2D eigenvalue weighted by molar-refractivity contribution is 8.16. The number of carboxylic acids is 1. The Balaban J connectivity index is 1.85. The fourth-order valence-corrected chi connectivity index (χ4v) is 7.18. The van der Waals surface area contributed by atoms with Crippen LogP contribution < -0.4 is 4.90 Å². The van der Waals surface area contributed by atoms with Crippen LogP contribution in [0.15, 0.2) is 29.3 Å². The topological polar surface area (TPSA) is 113 Å². The van der Waals surface area contributed by atoms with Crippen molar-refractivity contribution in [1.82, 2.24) is 0 Å². The summed E-state index contributed by atoms with van der Waals surface area (Å²) in [5, 5.41) is 8.81. The number of ether oxygens (including phenoxy) is 1. The van der Waals surface area contributed by atoms with Gasteiger partial charge in [-0.05, 0) is 23.6 Å². The molecule has 2 fully saturated rings. The van der Waals surface area contributed by atoms with E-state index in [-0.39, 0.29) is 22.8 Å². The minimum atomic E-state index is -3.14. The second-order valence-corrected chi connectivity index (χ2v) is 10.5. The van der Waals surface area contributed by atoms with Crippen LogP contribution in [0.2, 0.25) is 0 Å². The van der Waals surface area contributed by atoms with Gasteiger partial charge in [-0.1, -0.05) is 37.7 Å². The molecule has 2 unspecified atom stereocenters. The van der Waals surface area contributed by atoms with E-state index in [4.69, 9.17) is 9.84 Å². The molecule has 0 saturated carbocycles. The summed E-state index contributed by atoms with van der Waals surface area (Å²) in [5.74, 6) is -1.34. The van der Waals surface area contributed by atoms with Crippen molar-refractivity contribution in [1.29, 1.82) is 0 Å². The summed E-state index contributed by atoms with van der Waals surface area (Å²) in [6, 6.07) is 7.49. The first-order valence-electron chi connectivity index (χ1n) is 8.83. The number of anilines is 1. The first-order chi connectivity index (χ1) is 13.2. The molecular formula is C18H22N2O6S2. The average molecular weight is 427 g/mol. The highest BCUT2D eigenvalue weighted by Crippen LogP contribution is 2.41. The summed E-state index contributed by atoms with van der Waals surface area (Å²) in [4.78, 5) is 28.5. The summed E-state index contributed by atoms with van der Waals surface area (Å²) in [6.45, 7) is 3.16. The number of fused-ring (bicyclic) bond motifs is 1. The van der Waals surface area contributed by atoms with E-state index < -0.39 is 34.9 Å². The van der Waals surface area contributed by atoms with E-state index in [9.17, 15) is 18.0 Å². The zero-order valence-electron chi connectivity index (χ0n) is 15.6. The molecule has 28 heavy (non-hydrogen) atoms. The molecule has 0 radical (unpaired) electrons. The van der Waals surface area contributed by atoms with Gasteiger partial charge in [0, 0.05) is 10.9 Å². The maximum Gasteiger partial charge on any atom is 0.329 e. The standard InChI is InChI=1S/C18H22N2O6S2/c1-11(2)12-3-5-13(6-4-12)20-14-9-28(24,25)10-15(14)27-18(20)19-16(21)7-26-8-17(22)23/h3-6,11,14-15H,7-10H2,1-2H3,(H,22,23). The van der Waals surface area contributed by atoms with E-state index in [0.29, 0.717) is 11.1 Å². The van der Waals surface area contributed by atoms with Gasteiger partial charge in [0.15, 0.2) is 15.0 Å². The molecule has 3 rings (SSSR count). The monoisotopic (exact) mass is 426 g/mol. The van der Waals surface area contributed by atoms with Crippen LogP contribution >= 0.6 is 11.8 Å². The summed E-state index contributed by atoms with van der Waals surface area (Å²) < 4.78 is 28.9. The Morgan fingerprint density at radius 3 is 2.54 bits per heavy atom. The number of carbonyl (C=O) groups is 2. The van der Waals surface area contributed by atoms with Gasteiger partial charge in [-0.3, -0.25) is 4.79 Å². The van der Waals surface area contributed by atoms with Crippen molar-refractivity contribution in [3.8, 4) is 0 Å². The molecule has 10 heteroatoms. The van der Waals surface area contributed by atoms with Crippen molar-refractivity contribution in [3.63, 3.8) is 0 Å². The Hall–Kier alpha value is -1.91. The van der Waals surface area contributed by atoms with E-state index in [1.807, 2.05) is 24.3 Å². The predicted molar refractivity (Wildman–Crippen MR) is 108 cm³/mol. The number of nitrogens with zero attached hydrogens (tertiary/aromatic N) is 2. The number of carbonyl (C=O) groups excluding carboxylic acids is 1. The van der Waals surface area contributed by atoms with Crippen LogP contribution in [-0.4, -0.2) is 66.6 Å². The lowest BCUT2D eigenvalue weighted by Crippen LogP contribution is -2.37. The van der Waals surface area contributed by atoms with Gasteiger partial charge in [0.1, 0.15) is 13.2 Å². The van der Waals surface area contributed by atoms with Crippen molar-refractivity contribution in [3.05, 3.63) is 29.8 Å². The summed E-state index contributed by atoms with van der Waals surface area (Å²) >= 11 is 1.27. The Morgan fingerprint density at radius 1 is 1.25 bits per heavy atom. The van der Waals surface area contributed by atoms with Crippen molar-refractivity contribution < 1.29 is 27.9 Å². The molecule has 1 aromatic rings. The number of amidine groups is 1. The molecule has 2 aliphatic rings. The van der Waals surface area contributed by atoms with E-state index in [1.54, 1.807) is 4.90 Å². The van der Waals surface area contributed by atoms with Crippen LogP contribution in [0.1, 0.15) is 25.3 Å². The van der Waals surface area contributed by atoms with Crippen molar-refractivity contribution in [2.24, 2.45) is 4.99 Å². The number of amides is 1. The SMILES string of the molecule is CC(C)c1ccc(N2C(=NC(=O)COCC(=O)O)SC3CS(=O)(=O)CC32)cc1. The summed E-state index contributed by atoms with van der Waals surface area (Å²) in [5.41, 5.74) is 1.93. The van der Waals surface area contributed by atoms with Gasteiger partial charge in [0.05, 0.1) is 17.5 Å². The maximum atomic E-state index is 12.1. The number of benzene rings is 1. The number of sulfone groups is 1. The van der Waals surface area contributed by atoms with Crippen LogP contribution in [0, 0.1) is 0 Å². The zero-order chi connectivity index (χ0) is 20.5. The van der Waals surface area contributed by atoms with Gasteiger partial charge in [-0.2, -0.15) is 4.99 Å². The highest BCUT2D eigenvalue weighted by atomic mass is 32.2. The molecule has 2 aliphatic heterocycles. The van der Waals surface area contributed by atoms with Crippen molar-refractivity contribution >= 4 is 44.3 Å². The van der Waals surface area contributed by atoms with Crippen LogP contribution in [0.5, 0.6) is 0 Å². The number of thioether (sulfide) groups is 1. The lowest BCUT2D eigenvalue weighted by molar-refractivity contribution is -0.143. The first-order valence-corrected chi connectivity index (χ1v) is 11.5. The molecule has 1 amide bonds. The smallest absolute Gasteiger partial charge is 0.329 e. The van der Waals surface area contributed by atoms with Gasteiger partial charge < -0.3 is 14.7 Å². The molecule has 2 heterocycles. The molecule has 1 aromatic carbocycles. The molecule has 0 spiro atoms. The minimum absolute atomic E-state index is 0.0132. The van der Waals surface area contributed by atoms with Gasteiger partial charge in [0.2, 0.25) is 0 Å². The number of hydrogen-bond acceptors (Lipinski definition) is 6. The normalized spacial score (nSPS) is 24.7. The van der Waals surface area contributed by atoms with E-state index in [2.05, 4.69) is 18.8 Å². The van der Waals surface area contributed by atoms with Gasteiger partial charge in [-0.15, -0.1) is 0 Å². The third kappa shape index (κ3) is 4.73. The molecule has 0 aromatic heterocycles. The Morgan fingerprint density at radius 2 is 1.93 bits per heavy atom. The molecule has 2 saturated heterocycles. The molecule has 1 N–H and O–H groups in total. The summed E-state index contributed by atoms with van der Waals surface area (Å²) in [6.07, 6.45) is 0. The molecule has 0 bridgehead atoms. The average Bonchev–Trinajstić information content (AvgIpc) is 3.05. The Bertz CT molecular complexity index is 895. The molecular weight excluding hydrogens is 404 g/mol. The lowest BCUT2D eigenvalue weighted by Gasteiger charge is -2.25. The van der Waals surface area contributed by atoms with Crippen LogP contribution in [-0.2, 0) is 24.2 Å². The number of hydrogen-bond donors (Lipinski definition) is 1. The molecule has 0 aliphatic carbocycles. The van der Waals surface area contributed by atoms with Crippen LogP contribution in [0.4, 0.5) is 5.69 Å². The highest BCUT2D eigenvalue weighted by Gasteiger charge is 2.49. The van der Waals surface area contributed by atoms with Crippen LogP contribution in [0.25, 0.3) is 0 Å². The van der Waals surface area contributed by atoms with E-state index in [1.165, 1.54) is 11.8 Å². The number of carboxylic acid groups (broad SMARTS) is 1. The van der Waals surface area contributed by atoms with Gasteiger partial charge in [0.25, 0.3) is 5.91 Å². The van der Waals surface area contributed by atoms with E-state index >= 15 is 0 Å². The van der Waals surface area contributed by atoms with Gasteiger partial charge in [-0.25, -0.2) is 13.2 Å². The maximum absolute atomic E-state index is 12.1. The summed E-state index contributed by atoms with van der Waals surface area (Å²) in [7, 11) is -3.14. The molecule has 2 atom stereocenters. The lowest BCUT2D eigenvalue weighted by atomic mass is 10.0. The number of aliphatic carboxylic acids is 1. The number of rotatable bonds is 6. The molecule has 8 nitrogen and oxygen atoms in total. The fourth-order valence-electron chi connectivity index (χ4n) is 3.25. The second kappa shape index (κ2) is 8.22. The Kier molecular flexibility index (Phi) is 6.11. The van der Waals surface area contributed by atoms with Crippen molar-refractivity contribution in [2.45, 2.75) is 31.1 Å². The predicted octanol–water partition coefficient (Wildman–Crippen LogP) is 1.51. The Labute approximate surface area is 167 Å². The van der Waals surface area contributed by atoms with Crippen LogP contribution in [0.3, 0.4) is 0 Å². The quantitative estimate of drug-likeness (QED) is 0.728. The number of aliphatic imine (C=N–C) groups is 1. The largest absolute Gasteiger partial charge is 0.480 e. The second-order valence-electron chi connectivity index (χ2n) is 7.09. The van der Waals surface area contributed by atoms with E-state index in [0.717, 1.165) is 11.3 Å². The fraction of sp³-hybridized carbons (Fsp3) is 0.500. The third-order valence-corrected chi connectivity index (χ3v) is 7.79. The third-order valence-electron chi connectivity index (χ3n) is 4.58. The van der Waals surface area contributed by atoms with Gasteiger partial charge >= 0.3 is 5.97 Å². The zero-order valence-corrected chi connectivity index (χ0v) is 17.2. The van der Waals surface area contributed by atoms with Crippen molar-refractivity contribution in [2.75, 3.05) is 29.6 Å².